The number of hydrogen-bond donors (Lipinski definition) is 1. The highest BCUT2D eigenvalue weighted by Gasteiger charge is 2.43. The van der Waals surface area contributed by atoms with Crippen molar-refractivity contribution in [3.05, 3.63) is 83.9 Å². The molecule has 7 nitrogen and oxygen atoms in total. The van der Waals surface area contributed by atoms with Crippen molar-refractivity contribution in [1.29, 1.82) is 0 Å². The van der Waals surface area contributed by atoms with Crippen LogP contribution in [0.3, 0.4) is 0 Å². The number of ether oxygens (including phenoxy) is 2. The number of hydroxylamine groups is 1. The Morgan fingerprint density at radius 3 is 2.69 bits per heavy atom. The summed E-state index contributed by atoms with van der Waals surface area (Å²) in [6, 6.07) is 14.1. The fourth-order valence-electron chi connectivity index (χ4n) is 3.48. The number of carbonyl (C=O) groups is 1. The Morgan fingerprint density at radius 2 is 1.97 bits per heavy atom. The summed E-state index contributed by atoms with van der Waals surface area (Å²) in [5, 5.41) is 0. The predicted molar refractivity (Wildman–Crippen MR) is 107 cm³/mol. The van der Waals surface area contributed by atoms with E-state index in [1.807, 2.05) is 12.1 Å². The van der Waals surface area contributed by atoms with Gasteiger partial charge in [-0.25, -0.2) is 9.38 Å². The van der Waals surface area contributed by atoms with E-state index in [0.717, 1.165) is 17.2 Å². The topological polar surface area (TPSA) is 82.0 Å². The van der Waals surface area contributed by atoms with Crippen LogP contribution >= 0.6 is 0 Å². The Morgan fingerprint density at radius 1 is 1.12 bits per heavy atom. The summed E-state index contributed by atoms with van der Waals surface area (Å²) >= 11 is 0. The number of hydrogen-bond acceptors (Lipinski definition) is 7. The number of aromatic nitrogens is 1. The van der Waals surface area contributed by atoms with Crippen molar-refractivity contribution in [2.75, 3.05) is 6.61 Å². The number of aliphatic imine (C=N–C) groups is 1. The van der Waals surface area contributed by atoms with Gasteiger partial charge in [0.15, 0.2) is 5.54 Å². The number of nitrogens with zero attached hydrogens (tertiary/aromatic N) is 2. The summed E-state index contributed by atoms with van der Waals surface area (Å²) in [6.07, 6.45) is 3.33. The van der Waals surface area contributed by atoms with Gasteiger partial charge in [0.1, 0.15) is 18.2 Å². The molecule has 0 fully saturated rings. The Bertz CT molecular complexity index is 1140. The van der Waals surface area contributed by atoms with Crippen molar-refractivity contribution in [2.45, 2.75) is 12.2 Å². The second-order valence-corrected chi connectivity index (χ2v) is 6.72. The van der Waals surface area contributed by atoms with Gasteiger partial charge in [-0.15, -0.1) is 0 Å². The smallest absolute Gasteiger partial charge is 0.387 e. The zero-order valence-corrected chi connectivity index (χ0v) is 16.4. The fraction of sp³-hybridized carbons (Fsp3) is 0.136. The lowest BCUT2D eigenvalue weighted by molar-refractivity contribution is -0.132. The fourth-order valence-corrected chi connectivity index (χ4v) is 3.48. The monoisotopic (exact) mass is 443 g/mol. The highest BCUT2D eigenvalue weighted by molar-refractivity contribution is 5.77. The summed E-state index contributed by atoms with van der Waals surface area (Å²) in [7, 11) is 0. The minimum absolute atomic E-state index is 0.0605. The predicted octanol–water partition coefficient (Wildman–Crippen LogP) is 3.80. The van der Waals surface area contributed by atoms with Gasteiger partial charge in [-0.05, 0) is 41.0 Å². The second kappa shape index (κ2) is 8.96. The van der Waals surface area contributed by atoms with Crippen LogP contribution in [0.15, 0.2) is 72.0 Å². The molecular formula is C22H16F3N3O4. The van der Waals surface area contributed by atoms with Crippen LogP contribution in [0.4, 0.5) is 13.2 Å². The molecule has 1 aromatic heterocycles. The number of halogens is 3. The molecule has 0 aliphatic carbocycles. The third-order valence-corrected chi connectivity index (χ3v) is 4.85. The maximum Gasteiger partial charge on any atom is 0.387 e. The highest BCUT2D eigenvalue weighted by Crippen LogP contribution is 2.41. The minimum Gasteiger partial charge on any atom is -0.460 e. The lowest BCUT2D eigenvalue weighted by atomic mass is 9.83. The lowest BCUT2D eigenvalue weighted by Gasteiger charge is -2.26. The average Bonchev–Trinajstić information content (AvgIpc) is 3.23. The van der Waals surface area contributed by atoms with Crippen LogP contribution in [0.5, 0.6) is 5.75 Å². The van der Waals surface area contributed by atoms with Crippen LogP contribution in [0.2, 0.25) is 0 Å². The number of alkyl halides is 2. The minimum atomic E-state index is -3.09. The molecule has 4 rings (SSSR count). The molecule has 0 saturated heterocycles. The highest BCUT2D eigenvalue weighted by atomic mass is 19.3. The molecule has 1 aliphatic heterocycles. The first-order valence-electron chi connectivity index (χ1n) is 9.35. The van der Waals surface area contributed by atoms with Crippen molar-refractivity contribution in [3.8, 4) is 16.9 Å². The van der Waals surface area contributed by atoms with Crippen molar-refractivity contribution in [3.63, 3.8) is 0 Å². The zero-order valence-electron chi connectivity index (χ0n) is 16.4. The van der Waals surface area contributed by atoms with E-state index >= 15 is 4.39 Å². The quantitative estimate of drug-likeness (QED) is 0.442. The molecule has 2 aromatic carbocycles. The van der Waals surface area contributed by atoms with Gasteiger partial charge >= 0.3 is 19.1 Å². The van der Waals surface area contributed by atoms with Crippen molar-refractivity contribution in [2.24, 2.45) is 4.99 Å². The normalized spacial score (nSPS) is 17.4. The van der Waals surface area contributed by atoms with Gasteiger partial charge in [0, 0.05) is 24.0 Å². The van der Waals surface area contributed by atoms with Gasteiger partial charge in [0.2, 0.25) is 0 Å². The van der Waals surface area contributed by atoms with E-state index in [1.165, 1.54) is 12.1 Å². The SMILES string of the molecule is O=CONC1=NC(c2cccc(-c3cccnc3)c2)(c2ccc(OC(F)F)cc2F)CO1. The van der Waals surface area contributed by atoms with Gasteiger partial charge in [-0.3, -0.25) is 9.78 Å². The molecule has 10 heteroatoms. The van der Waals surface area contributed by atoms with Gasteiger partial charge in [-0.2, -0.15) is 14.3 Å². The molecule has 0 spiro atoms. The number of amidine groups is 1. The van der Waals surface area contributed by atoms with Gasteiger partial charge in [0.05, 0.1) is 0 Å². The molecule has 3 aromatic rings. The molecule has 1 atom stereocenters. The number of rotatable bonds is 7. The van der Waals surface area contributed by atoms with E-state index in [1.54, 1.807) is 36.7 Å². The average molecular weight is 443 g/mol. The maximum absolute atomic E-state index is 15.1. The van der Waals surface area contributed by atoms with Crippen LogP contribution in [0, 0.1) is 5.82 Å². The van der Waals surface area contributed by atoms with Crippen LogP contribution in [-0.4, -0.2) is 30.7 Å². The number of carbonyl (C=O) groups excluding carboxylic acids is 1. The van der Waals surface area contributed by atoms with Crippen molar-refractivity contribution >= 4 is 12.5 Å². The molecule has 32 heavy (non-hydrogen) atoms. The van der Waals surface area contributed by atoms with E-state index in [-0.39, 0.29) is 30.4 Å². The Kier molecular flexibility index (Phi) is 5.93. The molecule has 0 radical (unpaired) electrons. The zero-order chi connectivity index (χ0) is 22.6. The third kappa shape index (κ3) is 4.20. The largest absolute Gasteiger partial charge is 0.460 e. The molecular weight excluding hydrogens is 427 g/mol. The summed E-state index contributed by atoms with van der Waals surface area (Å²) < 4.78 is 50.0. The summed E-state index contributed by atoms with van der Waals surface area (Å²) in [5.74, 6) is -1.15. The first-order valence-corrected chi connectivity index (χ1v) is 9.35. The molecule has 1 N–H and O–H groups in total. The van der Waals surface area contributed by atoms with E-state index < -0.39 is 18.0 Å². The van der Waals surface area contributed by atoms with Crippen LogP contribution < -0.4 is 10.2 Å². The van der Waals surface area contributed by atoms with Gasteiger partial charge in [0.25, 0.3) is 0 Å². The molecule has 1 aliphatic rings. The first-order chi connectivity index (χ1) is 15.5. The lowest BCUT2D eigenvalue weighted by Crippen LogP contribution is -2.28. The summed E-state index contributed by atoms with van der Waals surface area (Å²) in [6.45, 7) is -3.08. The van der Waals surface area contributed by atoms with Crippen molar-refractivity contribution < 1.29 is 32.3 Å². The Labute approximate surface area is 180 Å². The van der Waals surface area contributed by atoms with Gasteiger partial charge < -0.3 is 14.3 Å². The molecule has 0 bridgehead atoms. The van der Waals surface area contributed by atoms with Gasteiger partial charge in [-0.1, -0.05) is 24.3 Å². The Balaban J connectivity index is 1.82. The van der Waals surface area contributed by atoms with Crippen LogP contribution in [0.1, 0.15) is 11.1 Å². The number of benzene rings is 2. The maximum atomic E-state index is 15.1. The summed E-state index contributed by atoms with van der Waals surface area (Å²) in [4.78, 5) is 23.5. The summed E-state index contributed by atoms with van der Waals surface area (Å²) in [5.41, 5.74) is 3.09. The van der Waals surface area contributed by atoms with E-state index in [2.05, 4.69) is 25.0 Å². The van der Waals surface area contributed by atoms with Crippen LogP contribution in [-0.2, 0) is 19.9 Å². The molecule has 164 valence electrons. The Hall–Kier alpha value is -4.08. The van der Waals surface area contributed by atoms with Crippen molar-refractivity contribution in [1.82, 2.24) is 10.5 Å². The first kappa shape index (κ1) is 21.2. The molecule has 0 amide bonds. The molecule has 1 unspecified atom stereocenters. The van der Waals surface area contributed by atoms with E-state index in [0.29, 0.717) is 5.56 Å². The van der Waals surface area contributed by atoms with E-state index in [4.69, 9.17) is 4.74 Å². The number of nitrogens with one attached hydrogen (secondary N) is 1. The van der Waals surface area contributed by atoms with Crippen LogP contribution in [0.25, 0.3) is 11.1 Å². The molecule has 0 saturated carbocycles. The number of pyridine rings is 1. The third-order valence-electron chi connectivity index (χ3n) is 4.85. The van der Waals surface area contributed by atoms with E-state index in [9.17, 15) is 13.6 Å². The molecule has 2 heterocycles. The standard InChI is InChI=1S/C22H16F3N3O4/c23-19-10-17(32-20(24)25)6-7-18(19)22(12-30-21(27-22)28-31-13-29)16-5-1-3-14(9-16)15-4-2-8-26-11-15/h1-11,13,20H,12H2,(H,27,28). The second-order valence-electron chi connectivity index (χ2n) is 6.72.